The quantitative estimate of drug-likeness (QED) is 0.0644. The highest BCUT2D eigenvalue weighted by Gasteiger charge is 2.68. The van der Waals surface area contributed by atoms with E-state index in [4.69, 9.17) is 4.74 Å². The van der Waals surface area contributed by atoms with Gasteiger partial charge in [0.25, 0.3) is 0 Å². The van der Waals surface area contributed by atoms with Crippen LogP contribution in [-0.2, 0) is 11.3 Å². The van der Waals surface area contributed by atoms with E-state index in [1.165, 1.54) is 50.1 Å². The van der Waals surface area contributed by atoms with Gasteiger partial charge in [0.2, 0.25) is 5.82 Å². The summed E-state index contributed by atoms with van der Waals surface area (Å²) in [6, 6.07) is 0.857. The minimum Gasteiger partial charge on any atom is -0.376 e. The number of nitrogens with zero attached hydrogens (tertiary/aromatic N) is 1. The van der Waals surface area contributed by atoms with Gasteiger partial charge in [-0.2, -0.15) is 0 Å². The SMILES string of the molecule is CC1=CC2C3C(C4C=CC=CC4C3[Si](C)(CCCCCCOC(C)(C)C)C3C4C=CC=CC4C4C=CC(CC5CCCCC5)=CC43)N(Cc3c(F)c(F)c(F)c(F)c3F)C2C=C1. The summed E-state index contributed by atoms with van der Waals surface area (Å²) in [5, 5.41) is 0. The van der Waals surface area contributed by atoms with E-state index >= 15 is 8.78 Å². The number of fused-ring (bicyclic) bond motifs is 8. The highest BCUT2D eigenvalue weighted by Crippen LogP contribution is 2.69. The maximum absolute atomic E-state index is 15.7. The van der Waals surface area contributed by atoms with Crippen molar-refractivity contribution in [1.82, 2.24) is 4.90 Å². The fourth-order valence-corrected chi connectivity index (χ4v) is 21.6. The van der Waals surface area contributed by atoms with Gasteiger partial charge in [-0.1, -0.05) is 160 Å². The van der Waals surface area contributed by atoms with Gasteiger partial charge in [0, 0.05) is 36.7 Å². The predicted octanol–water partition coefficient (Wildman–Crippen LogP) is 14.3. The first-order valence-electron chi connectivity index (χ1n) is 24.1. The lowest BCUT2D eigenvalue weighted by Crippen LogP contribution is -2.50. The number of likely N-dealkylation sites (tertiary alicyclic amines) is 1. The van der Waals surface area contributed by atoms with Crippen LogP contribution in [0.25, 0.3) is 0 Å². The Morgan fingerprint density at radius 2 is 1.26 bits per heavy atom. The molecule has 0 spiro atoms. The zero-order chi connectivity index (χ0) is 43.5. The van der Waals surface area contributed by atoms with Crippen LogP contribution in [0.4, 0.5) is 22.0 Å². The fourth-order valence-electron chi connectivity index (χ4n) is 14.5. The van der Waals surface area contributed by atoms with Crippen LogP contribution >= 0.6 is 0 Å². The van der Waals surface area contributed by atoms with E-state index in [9.17, 15) is 13.2 Å². The second-order valence-electron chi connectivity index (χ2n) is 21.6. The van der Waals surface area contributed by atoms with Crippen molar-refractivity contribution in [2.75, 3.05) is 6.61 Å². The lowest BCUT2D eigenvalue weighted by Gasteiger charge is -2.49. The van der Waals surface area contributed by atoms with E-state index in [0.717, 1.165) is 43.8 Å². The van der Waals surface area contributed by atoms with Gasteiger partial charge in [-0.25, -0.2) is 22.0 Å². The summed E-state index contributed by atoms with van der Waals surface area (Å²) in [4.78, 5) is 2.15. The molecule has 1 aliphatic heterocycles. The number of halogens is 5. The lowest BCUT2D eigenvalue weighted by atomic mass is 9.79. The third-order valence-electron chi connectivity index (χ3n) is 16.9. The van der Waals surface area contributed by atoms with Gasteiger partial charge in [-0.05, 0) is 99.0 Å². The Morgan fingerprint density at radius 3 is 1.95 bits per heavy atom. The first-order chi connectivity index (χ1) is 29.8. The van der Waals surface area contributed by atoms with E-state index in [0.29, 0.717) is 34.8 Å². The van der Waals surface area contributed by atoms with Crippen LogP contribution in [-0.4, -0.2) is 37.3 Å². The molecule has 1 saturated heterocycles. The summed E-state index contributed by atoms with van der Waals surface area (Å²) >= 11 is 0. The van der Waals surface area contributed by atoms with Crippen molar-refractivity contribution >= 4 is 8.07 Å². The van der Waals surface area contributed by atoms with E-state index in [-0.39, 0.29) is 47.9 Å². The van der Waals surface area contributed by atoms with Crippen LogP contribution in [0.15, 0.2) is 96.2 Å². The number of benzene rings is 1. The lowest BCUT2D eigenvalue weighted by molar-refractivity contribution is -0.00471. The molecule has 0 bridgehead atoms. The zero-order valence-electron chi connectivity index (χ0n) is 37.5. The Balaban J connectivity index is 1.13. The molecule has 13 unspecified atom stereocenters. The summed E-state index contributed by atoms with van der Waals surface area (Å²) in [5.74, 6) is -6.28. The van der Waals surface area contributed by atoms with E-state index in [1.807, 2.05) is 0 Å². The molecule has 13 atom stereocenters. The van der Waals surface area contributed by atoms with Crippen molar-refractivity contribution in [2.24, 2.45) is 53.3 Å². The zero-order valence-corrected chi connectivity index (χ0v) is 38.5. The maximum atomic E-state index is 15.7. The van der Waals surface area contributed by atoms with Gasteiger partial charge in [0.15, 0.2) is 23.3 Å². The number of hydrogen-bond acceptors (Lipinski definition) is 2. The fraction of sp³-hybridized carbons (Fsp3) is 0.593. The van der Waals surface area contributed by atoms with Crippen LogP contribution in [0.2, 0.25) is 23.7 Å². The molecule has 8 heteroatoms. The molecule has 2 nitrogen and oxygen atoms in total. The van der Waals surface area contributed by atoms with Gasteiger partial charge < -0.3 is 4.74 Å². The Labute approximate surface area is 368 Å². The van der Waals surface area contributed by atoms with Crippen molar-refractivity contribution < 1.29 is 26.7 Å². The molecule has 62 heavy (non-hydrogen) atoms. The Kier molecular flexibility index (Phi) is 12.6. The molecular formula is C54H68F5NOSi. The monoisotopic (exact) mass is 869 g/mol. The van der Waals surface area contributed by atoms with Gasteiger partial charge in [0.05, 0.1) is 13.7 Å². The van der Waals surface area contributed by atoms with Crippen LogP contribution in [0.1, 0.15) is 97.5 Å². The summed E-state index contributed by atoms with van der Waals surface area (Å²) < 4.78 is 81.5. The van der Waals surface area contributed by atoms with Crippen molar-refractivity contribution in [1.29, 1.82) is 0 Å². The van der Waals surface area contributed by atoms with Crippen molar-refractivity contribution in [3.05, 3.63) is 131 Å². The normalized spacial score (nSPS) is 35.6. The molecular weight excluding hydrogens is 802 g/mol. The second-order valence-corrected chi connectivity index (χ2v) is 26.5. The Morgan fingerprint density at radius 1 is 0.645 bits per heavy atom. The molecule has 0 radical (unpaired) electrons. The minimum atomic E-state index is -2.42. The number of unbranched alkanes of at least 4 members (excludes halogenated alkanes) is 3. The molecule has 3 saturated carbocycles. The predicted molar refractivity (Wildman–Crippen MR) is 243 cm³/mol. The Bertz CT molecular complexity index is 2070. The molecule has 0 aromatic heterocycles. The highest BCUT2D eigenvalue weighted by molar-refractivity contribution is 6.82. The first-order valence-corrected chi connectivity index (χ1v) is 27.0. The topological polar surface area (TPSA) is 12.5 Å². The standard InChI is InChI=1S/C54H68F5NOSi/c1-33-23-26-44-42(29-33)45-51(60(44)32-43-46(55)48(57)50(59)49(58)47(43)56)38-20-12-14-22-40(38)53(45)62(5,28-16-7-6-15-27-61-54(2,3)4)52-39-21-13-11-19-36(39)37-25-24-35(31-41(37)52)30-34-17-9-8-10-18-34/h11-14,19-26,29,31,34,36-42,44-45,51-53H,6-10,15-18,27-28,30,32H2,1-5H3. The van der Waals surface area contributed by atoms with Crippen LogP contribution in [0.3, 0.4) is 0 Å². The molecule has 0 amide bonds. The average Bonchev–Trinajstić information content (AvgIpc) is 3.89. The van der Waals surface area contributed by atoms with E-state index in [2.05, 4.69) is 124 Å². The van der Waals surface area contributed by atoms with Gasteiger partial charge in [0.1, 0.15) is 0 Å². The maximum Gasteiger partial charge on any atom is 0.200 e. The third-order valence-corrected chi connectivity index (χ3v) is 22.9. The first kappa shape index (κ1) is 44.1. The summed E-state index contributed by atoms with van der Waals surface area (Å²) in [6.07, 6.45) is 45.4. The molecule has 4 fully saturated rings. The molecule has 1 aromatic rings. The molecule has 0 N–H and O–H groups in total. The molecule has 9 rings (SSSR count). The molecule has 1 heterocycles. The highest BCUT2D eigenvalue weighted by atomic mass is 28.3. The molecule has 8 aliphatic rings. The van der Waals surface area contributed by atoms with Crippen LogP contribution < -0.4 is 0 Å². The second kappa shape index (κ2) is 17.7. The van der Waals surface area contributed by atoms with Crippen molar-refractivity contribution in [3.63, 3.8) is 0 Å². The minimum absolute atomic E-state index is 0.0588. The Hall–Kier alpha value is -3.07. The summed E-state index contributed by atoms with van der Waals surface area (Å²) in [6.45, 7) is 11.7. The van der Waals surface area contributed by atoms with Crippen molar-refractivity contribution in [2.45, 2.75) is 140 Å². The van der Waals surface area contributed by atoms with Gasteiger partial charge in [-0.15, -0.1) is 0 Å². The number of allylic oxidation sites excluding steroid dienone is 13. The third kappa shape index (κ3) is 8.03. The smallest absolute Gasteiger partial charge is 0.200 e. The molecule has 334 valence electrons. The number of rotatable bonds is 13. The van der Waals surface area contributed by atoms with Crippen molar-refractivity contribution in [3.8, 4) is 0 Å². The number of ether oxygens (including phenoxy) is 1. The van der Waals surface area contributed by atoms with E-state index in [1.54, 1.807) is 0 Å². The molecule has 1 aromatic carbocycles. The summed E-state index contributed by atoms with van der Waals surface area (Å²) in [7, 11) is -2.42. The number of hydrogen-bond donors (Lipinski definition) is 0. The largest absolute Gasteiger partial charge is 0.376 e. The van der Waals surface area contributed by atoms with Gasteiger partial charge >= 0.3 is 0 Å². The summed E-state index contributed by atoms with van der Waals surface area (Å²) in [5.41, 5.74) is 2.65. The van der Waals surface area contributed by atoms with Gasteiger partial charge in [-0.3, -0.25) is 4.90 Å². The molecule has 7 aliphatic carbocycles. The average molecular weight is 870 g/mol. The van der Waals surface area contributed by atoms with Crippen LogP contribution in [0.5, 0.6) is 0 Å². The van der Waals surface area contributed by atoms with E-state index < -0.39 is 42.7 Å². The van der Waals surface area contributed by atoms with Crippen LogP contribution in [0, 0.1) is 82.3 Å².